The number of benzene rings is 2. The molecule has 21 heavy (non-hydrogen) atoms. The van der Waals surface area contributed by atoms with Crippen LogP contribution in [0.25, 0.3) is 0 Å². The molecule has 0 saturated carbocycles. The molecule has 0 N–H and O–H groups in total. The van der Waals surface area contributed by atoms with Crippen LogP contribution in [0.15, 0.2) is 54.6 Å². The normalized spacial score (nSPS) is 11.2. The average molecular weight is 285 g/mol. The highest BCUT2D eigenvalue weighted by Gasteiger charge is 2.32. The van der Waals surface area contributed by atoms with Crippen LogP contribution in [-0.2, 0) is 16.8 Å². The molecule has 0 radical (unpaired) electrons. The van der Waals surface area contributed by atoms with Crippen molar-refractivity contribution in [2.75, 3.05) is 7.05 Å². The highest BCUT2D eigenvalue weighted by Crippen LogP contribution is 2.26. The van der Waals surface area contributed by atoms with Gasteiger partial charge in [-0.3, -0.25) is 4.79 Å². The van der Waals surface area contributed by atoms with E-state index < -0.39 is 5.41 Å². The maximum Gasteiger partial charge on any atom is 0.232 e. The zero-order valence-electron chi connectivity index (χ0n) is 12.6. The summed E-state index contributed by atoms with van der Waals surface area (Å²) in [4.78, 5) is 14.4. The molecule has 0 aliphatic carbocycles. The second-order valence-electron chi connectivity index (χ2n) is 5.78. The number of hydrogen-bond acceptors (Lipinski definition) is 1. The van der Waals surface area contributed by atoms with Crippen LogP contribution in [-0.4, -0.2) is 17.9 Å². The summed E-state index contributed by atoms with van der Waals surface area (Å²) < 4.78 is 13.0. The van der Waals surface area contributed by atoms with E-state index in [0.717, 1.165) is 11.1 Å². The zero-order chi connectivity index (χ0) is 15.5. The summed E-state index contributed by atoms with van der Waals surface area (Å²) in [7, 11) is 1.79. The molecule has 1 amide bonds. The molecule has 0 aromatic heterocycles. The molecule has 0 aliphatic rings. The van der Waals surface area contributed by atoms with Crippen molar-refractivity contribution in [2.45, 2.75) is 25.8 Å². The van der Waals surface area contributed by atoms with E-state index in [1.807, 2.05) is 44.2 Å². The fourth-order valence-electron chi connectivity index (χ4n) is 2.40. The van der Waals surface area contributed by atoms with E-state index in [1.165, 1.54) is 12.1 Å². The minimum Gasteiger partial charge on any atom is -0.341 e. The van der Waals surface area contributed by atoms with E-state index >= 15 is 0 Å². The predicted octanol–water partition coefficient (Wildman–Crippen LogP) is 3.76. The Hall–Kier alpha value is -2.16. The maximum atomic E-state index is 13.0. The van der Waals surface area contributed by atoms with Crippen molar-refractivity contribution in [1.29, 1.82) is 0 Å². The topological polar surface area (TPSA) is 20.3 Å². The Morgan fingerprint density at radius 1 is 1.05 bits per heavy atom. The summed E-state index contributed by atoms with van der Waals surface area (Å²) in [6.07, 6.45) is 0. The number of hydrogen-bond donors (Lipinski definition) is 0. The predicted molar refractivity (Wildman–Crippen MR) is 82.3 cm³/mol. The molecule has 3 heteroatoms. The van der Waals surface area contributed by atoms with Crippen LogP contribution in [0.1, 0.15) is 25.0 Å². The lowest BCUT2D eigenvalue weighted by molar-refractivity contribution is -0.135. The highest BCUT2D eigenvalue weighted by molar-refractivity contribution is 5.87. The van der Waals surface area contributed by atoms with Crippen LogP contribution in [0.5, 0.6) is 0 Å². The van der Waals surface area contributed by atoms with Gasteiger partial charge in [-0.25, -0.2) is 4.39 Å². The first-order valence-electron chi connectivity index (χ1n) is 6.97. The Balaban J connectivity index is 2.15. The Bertz CT molecular complexity index is 605. The van der Waals surface area contributed by atoms with Crippen molar-refractivity contribution < 1.29 is 9.18 Å². The van der Waals surface area contributed by atoms with Crippen molar-refractivity contribution in [2.24, 2.45) is 0 Å². The molecule has 0 bridgehead atoms. The lowest BCUT2D eigenvalue weighted by Gasteiger charge is -2.30. The Morgan fingerprint density at radius 2 is 1.62 bits per heavy atom. The molecule has 0 aliphatic heterocycles. The number of halogens is 1. The molecule has 0 saturated heterocycles. The average Bonchev–Trinajstić information content (AvgIpc) is 2.48. The first-order chi connectivity index (χ1) is 9.91. The van der Waals surface area contributed by atoms with Crippen LogP contribution in [0.3, 0.4) is 0 Å². The Morgan fingerprint density at radius 3 is 2.19 bits per heavy atom. The molecule has 110 valence electrons. The maximum absolute atomic E-state index is 13.0. The van der Waals surface area contributed by atoms with Gasteiger partial charge in [0.1, 0.15) is 5.82 Å². The summed E-state index contributed by atoms with van der Waals surface area (Å²) in [6.45, 7) is 4.29. The van der Waals surface area contributed by atoms with Gasteiger partial charge in [0.25, 0.3) is 0 Å². The molecule has 0 heterocycles. The molecule has 0 unspecified atom stereocenters. The van der Waals surface area contributed by atoms with Gasteiger partial charge >= 0.3 is 0 Å². The number of carbonyl (C=O) groups excluding carboxylic acids is 1. The minimum absolute atomic E-state index is 0.0120. The molecule has 2 aromatic carbocycles. The van der Waals surface area contributed by atoms with E-state index in [1.54, 1.807) is 24.1 Å². The smallest absolute Gasteiger partial charge is 0.232 e. The molecule has 0 fully saturated rings. The summed E-state index contributed by atoms with van der Waals surface area (Å²) in [6, 6.07) is 16.0. The standard InChI is InChI=1S/C18H20FNO/c1-18(2,15-9-11-16(19)12-10-15)17(21)20(3)13-14-7-5-4-6-8-14/h4-12H,13H2,1-3H3. The van der Waals surface area contributed by atoms with Crippen LogP contribution >= 0.6 is 0 Å². The highest BCUT2D eigenvalue weighted by atomic mass is 19.1. The van der Waals surface area contributed by atoms with Crippen molar-refractivity contribution in [3.8, 4) is 0 Å². The van der Waals surface area contributed by atoms with Gasteiger partial charge in [-0.2, -0.15) is 0 Å². The van der Waals surface area contributed by atoms with Gasteiger partial charge in [-0.1, -0.05) is 42.5 Å². The van der Waals surface area contributed by atoms with Gasteiger partial charge in [0.05, 0.1) is 5.41 Å². The van der Waals surface area contributed by atoms with Crippen LogP contribution in [0.4, 0.5) is 4.39 Å². The molecule has 0 atom stereocenters. The molecular weight excluding hydrogens is 265 g/mol. The third-order valence-corrected chi connectivity index (χ3v) is 3.71. The lowest BCUT2D eigenvalue weighted by atomic mass is 9.83. The zero-order valence-corrected chi connectivity index (χ0v) is 12.6. The molecule has 2 rings (SSSR count). The first kappa shape index (κ1) is 15.2. The second kappa shape index (κ2) is 6.08. The third kappa shape index (κ3) is 3.48. The first-order valence-corrected chi connectivity index (χ1v) is 6.97. The van der Waals surface area contributed by atoms with Gasteiger partial charge in [-0.15, -0.1) is 0 Å². The summed E-state index contributed by atoms with van der Waals surface area (Å²) in [5, 5.41) is 0. The van der Waals surface area contributed by atoms with E-state index in [0.29, 0.717) is 6.54 Å². The van der Waals surface area contributed by atoms with E-state index in [4.69, 9.17) is 0 Å². The van der Waals surface area contributed by atoms with Crippen molar-refractivity contribution in [3.05, 3.63) is 71.5 Å². The number of carbonyl (C=O) groups is 1. The van der Waals surface area contributed by atoms with Gasteiger partial charge in [0.2, 0.25) is 5.91 Å². The monoisotopic (exact) mass is 285 g/mol. The Kier molecular flexibility index (Phi) is 4.41. The van der Waals surface area contributed by atoms with Gasteiger partial charge in [0.15, 0.2) is 0 Å². The van der Waals surface area contributed by atoms with Crippen molar-refractivity contribution in [1.82, 2.24) is 4.90 Å². The largest absolute Gasteiger partial charge is 0.341 e. The summed E-state index contributed by atoms with van der Waals surface area (Å²) in [5.41, 5.74) is 1.22. The number of likely N-dealkylation sites (N-methyl/N-ethyl adjacent to an activating group) is 1. The quantitative estimate of drug-likeness (QED) is 0.837. The second-order valence-corrected chi connectivity index (χ2v) is 5.78. The SMILES string of the molecule is CN(Cc1ccccc1)C(=O)C(C)(C)c1ccc(F)cc1. The summed E-state index contributed by atoms with van der Waals surface area (Å²) >= 11 is 0. The number of amides is 1. The van der Waals surface area contributed by atoms with Crippen molar-refractivity contribution in [3.63, 3.8) is 0 Å². The van der Waals surface area contributed by atoms with E-state index in [9.17, 15) is 9.18 Å². The van der Waals surface area contributed by atoms with Crippen LogP contribution in [0, 0.1) is 5.82 Å². The minimum atomic E-state index is -0.683. The van der Waals surface area contributed by atoms with Gasteiger partial charge in [-0.05, 0) is 37.1 Å². The molecule has 2 nitrogen and oxygen atoms in total. The number of nitrogens with zero attached hydrogens (tertiary/aromatic N) is 1. The van der Waals surface area contributed by atoms with Gasteiger partial charge in [0, 0.05) is 13.6 Å². The molecule has 2 aromatic rings. The number of rotatable bonds is 4. The van der Waals surface area contributed by atoms with E-state index in [2.05, 4.69) is 0 Å². The Labute approximate surface area is 125 Å². The van der Waals surface area contributed by atoms with Gasteiger partial charge < -0.3 is 4.90 Å². The van der Waals surface area contributed by atoms with Crippen LogP contribution in [0.2, 0.25) is 0 Å². The summed E-state index contributed by atoms with van der Waals surface area (Å²) in [5.74, 6) is -0.280. The van der Waals surface area contributed by atoms with Crippen LogP contribution < -0.4 is 0 Å². The van der Waals surface area contributed by atoms with Crippen molar-refractivity contribution >= 4 is 5.91 Å². The fraction of sp³-hybridized carbons (Fsp3) is 0.278. The molecular formula is C18H20FNO. The fourth-order valence-corrected chi connectivity index (χ4v) is 2.40. The molecule has 0 spiro atoms. The third-order valence-electron chi connectivity index (χ3n) is 3.71. The van der Waals surface area contributed by atoms with E-state index in [-0.39, 0.29) is 11.7 Å². The lowest BCUT2D eigenvalue weighted by Crippen LogP contribution is -2.41.